The number of aromatic amines is 1. The molecule has 2 amide bonds. The van der Waals surface area contributed by atoms with Gasteiger partial charge in [-0.1, -0.05) is 25.5 Å². The normalized spacial score (nSPS) is 20.9. The van der Waals surface area contributed by atoms with Gasteiger partial charge in [0.15, 0.2) is 0 Å². The van der Waals surface area contributed by atoms with Gasteiger partial charge >= 0.3 is 0 Å². The highest BCUT2D eigenvalue weighted by Crippen LogP contribution is 2.39. The van der Waals surface area contributed by atoms with E-state index in [4.69, 9.17) is 4.74 Å². The Hall–Kier alpha value is -2.34. The molecule has 0 unspecified atom stereocenters. The summed E-state index contributed by atoms with van der Waals surface area (Å²) in [4.78, 5) is 30.1. The number of aryl methyl sites for hydroxylation is 1. The molecule has 2 aliphatic rings. The number of hydrogen-bond acceptors (Lipinski definition) is 3. The van der Waals surface area contributed by atoms with E-state index < -0.39 is 0 Å². The number of aromatic nitrogens is 1. The minimum absolute atomic E-state index is 0.0403. The zero-order valence-corrected chi connectivity index (χ0v) is 18.3. The van der Waals surface area contributed by atoms with Crippen molar-refractivity contribution in [1.29, 1.82) is 0 Å². The third kappa shape index (κ3) is 4.53. The Balaban J connectivity index is 1.27. The summed E-state index contributed by atoms with van der Waals surface area (Å²) in [5, 5.41) is 4.08. The second-order valence-corrected chi connectivity index (χ2v) is 9.42. The van der Waals surface area contributed by atoms with Crippen LogP contribution in [0.25, 0.3) is 10.9 Å². The SMILES string of the molecule is Cc1ccc2[nH]c(C(=O)NC[C@H]3CCC4(CCN(C(=O)CC(C)C)CC4)O3)cc2c1. The maximum atomic E-state index is 12.6. The summed E-state index contributed by atoms with van der Waals surface area (Å²) in [5.74, 6) is 0.558. The van der Waals surface area contributed by atoms with Crippen molar-refractivity contribution in [3.63, 3.8) is 0 Å². The van der Waals surface area contributed by atoms with E-state index in [0.717, 1.165) is 49.7 Å². The quantitative estimate of drug-likeness (QED) is 0.786. The Morgan fingerprint density at radius 3 is 2.73 bits per heavy atom. The molecule has 6 heteroatoms. The molecule has 1 aromatic heterocycles. The van der Waals surface area contributed by atoms with Crippen molar-refractivity contribution in [3.8, 4) is 0 Å². The van der Waals surface area contributed by atoms with E-state index in [1.807, 2.05) is 30.0 Å². The van der Waals surface area contributed by atoms with Crippen LogP contribution >= 0.6 is 0 Å². The van der Waals surface area contributed by atoms with E-state index in [9.17, 15) is 9.59 Å². The van der Waals surface area contributed by atoms with Crippen molar-refractivity contribution in [2.24, 2.45) is 5.92 Å². The van der Waals surface area contributed by atoms with Crippen LogP contribution in [-0.4, -0.2) is 53.0 Å². The lowest BCUT2D eigenvalue weighted by Gasteiger charge is -2.39. The minimum Gasteiger partial charge on any atom is -0.370 e. The highest BCUT2D eigenvalue weighted by Gasteiger charge is 2.43. The van der Waals surface area contributed by atoms with Crippen LogP contribution in [0.5, 0.6) is 0 Å². The topological polar surface area (TPSA) is 74.4 Å². The molecule has 2 N–H and O–H groups in total. The van der Waals surface area contributed by atoms with Crippen molar-refractivity contribution in [2.45, 2.75) is 64.6 Å². The van der Waals surface area contributed by atoms with Crippen LogP contribution in [0.15, 0.2) is 24.3 Å². The number of rotatable bonds is 5. The molecule has 4 rings (SSSR count). The van der Waals surface area contributed by atoms with E-state index in [2.05, 4.69) is 30.2 Å². The number of nitrogens with one attached hydrogen (secondary N) is 2. The number of ether oxygens (including phenoxy) is 1. The van der Waals surface area contributed by atoms with Crippen molar-refractivity contribution >= 4 is 22.7 Å². The van der Waals surface area contributed by atoms with Gasteiger partial charge in [-0.2, -0.15) is 0 Å². The van der Waals surface area contributed by atoms with Crippen molar-refractivity contribution in [3.05, 3.63) is 35.5 Å². The van der Waals surface area contributed by atoms with E-state index >= 15 is 0 Å². The number of fused-ring (bicyclic) bond motifs is 1. The summed E-state index contributed by atoms with van der Waals surface area (Å²) < 4.78 is 6.40. The number of piperidine rings is 1. The molecular formula is C24H33N3O3. The fourth-order valence-electron chi connectivity index (χ4n) is 4.73. The average Bonchev–Trinajstić information content (AvgIpc) is 3.30. The van der Waals surface area contributed by atoms with Gasteiger partial charge in [0.25, 0.3) is 5.91 Å². The molecule has 0 aliphatic carbocycles. The van der Waals surface area contributed by atoms with Crippen LogP contribution in [0.2, 0.25) is 0 Å². The molecule has 3 heterocycles. The molecule has 0 radical (unpaired) electrons. The standard InChI is InChI=1S/C24H33N3O3/c1-16(2)12-22(28)27-10-8-24(9-11-27)7-6-19(30-24)15-25-23(29)21-14-18-13-17(3)4-5-20(18)26-21/h4-5,13-14,16,19,26H,6-12,15H2,1-3H3,(H,25,29)/t19-/m1/s1. The Bertz CT molecular complexity index is 925. The number of hydrogen-bond donors (Lipinski definition) is 2. The minimum atomic E-state index is -0.122. The second-order valence-electron chi connectivity index (χ2n) is 9.42. The number of amides is 2. The first kappa shape index (κ1) is 20.9. The molecule has 2 fully saturated rings. The number of nitrogens with zero attached hydrogens (tertiary/aromatic N) is 1. The van der Waals surface area contributed by atoms with Gasteiger partial charge in [0, 0.05) is 37.0 Å². The summed E-state index contributed by atoms with van der Waals surface area (Å²) in [6, 6.07) is 8.01. The van der Waals surface area contributed by atoms with Crippen LogP contribution < -0.4 is 5.32 Å². The molecule has 162 valence electrons. The van der Waals surface area contributed by atoms with Crippen molar-refractivity contribution < 1.29 is 14.3 Å². The van der Waals surface area contributed by atoms with Crippen molar-refractivity contribution in [2.75, 3.05) is 19.6 Å². The number of carbonyl (C=O) groups is 2. The summed E-state index contributed by atoms with van der Waals surface area (Å²) in [6.45, 7) is 8.28. The molecule has 1 aromatic carbocycles. The van der Waals surface area contributed by atoms with Crippen LogP contribution in [0.3, 0.4) is 0 Å². The molecule has 2 saturated heterocycles. The number of carbonyl (C=O) groups excluding carboxylic acids is 2. The molecule has 6 nitrogen and oxygen atoms in total. The van der Waals surface area contributed by atoms with Crippen LogP contribution in [-0.2, 0) is 9.53 Å². The number of likely N-dealkylation sites (tertiary alicyclic amines) is 1. The maximum Gasteiger partial charge on any atom is 0.267 e. The van der Waals surface area contributed by atoms with E-state index in [1.165, 1.54) is 5.56 Å². The smallest absolute Gasteiger partial charge is 0.267 e. The molecule has 2 aliphatic heterocycles. The van der Waals surface area contributed by atoms with E-state index in [1.54, 1.807) is 0 Å². The van der Waals surface area contributed by atoms with Gasteiger partial charge in [0.2, 0.25) is 5.91 Å². The first-order valence-electron chi connectivity index (χ1n) is 11.2. The highest BCUT2D eigenvalue weighted by atomic mass is 16.5. The summed E-state index contributed by atoms with van der Waals surface area (Å²) in [6.07, 6.45) is 4.40. The number of benzene rings is 1. The molecular weight excluding hydrogens is 378 g/mol. The molecule has 1 atom stereocenters. The largest absolute Gasteiger partial charge is 0.370 e. The maximum absolute atomic E-state index is 12.6. The Labute approximate surface area is 178 Å². The van der Waals surface area contributed by atoms with Gasteiger partial charge < -0.3 is 19.9 Å². The number of H-pyrrole nitrogens is 1. The lowest BCUT2D eigenvalue weighted by Crippen LogP contribution is -2.47. The first-order valence-corrected chi connectivity index (χ1v) is 11.2. The first-order chi connectivity index (χ1) is 14.3. The van der Waals surface area contributed by atoms with Gasteiger partial charge in [0.1, 0.15) is 5.69 Å². The third-order valence-corrected chi connectivity index (χ3v) is 6.46. The average molecular weight is 412 g/mol. The fourth-order valence-corrected chi connectivity index (χ4v) is 4.73. The summed E-state index contributed by atoms with van der Waals surface area (Å²) in [7, 11) is 0. The van der Waals surface area contributed by atoms with Gasteiger partial charge in [0.05, 0.1) is 11.7 Å². The predicted octanol–water partition coefficient (Wildman–Crippen LogP) is 3.79. The monoisotopic (exact) mass is 411 g/mol. The van der Waals surface area contributed by atoms with E-state index in [0.29, 0.717) is 24.6 Å². The second kappa shape index (κ2) is 8.42. The zero-order chi connectivity index (χ0) is 21.3. The van der Waals surface area contributed by atoms with Crippen molar-refractivity contribution in [1.82, 2.24) is 15.2 Å². The summed E-state index contributed by atoms with van der Waals surface area (Å²) >= 11 is 0. The Morgan fingerprint density at radius 2 is 2.00 bits per heavy atom. The molecule has 30 heavy (non-hydrogen) atoms. The molecule has 1 spiro atoms. The van der Waals surface area contributed by atoms with Gasteiger partial charge in [-0.15, -0.1) is 0 Å². The lowest BCUT2D eigenvalue weighted by molar-refractivity contribution is -0.138. The van der Waals surface area contributed by atoms with Gasteiger partial charge in [-0.25, -0.2) is 0 Å². The zero-order valence-electron chi connectivity index (χ0n) is 18.3. The van der Waals surface area contributed by atoms with Gasteiger partial charge in [-0.3, -0.25) is 9.59 Å². The predicted molar refractivity (Wildman–Crippen MR) is 117 cm³/mol. The molecule has 0 saturated carbocycles. The van der Waals surface area contributed by atoms with Crippen LogP contribution in [0.4, 0.5) is 0 Å². The Kier molecular flexibility index (Phi) is 5.87. The third-order valence-electron chi connectivity index (χ3n) is 6.46. The van der Waals surface area contributed by atoms with Gasteiger partial charge in [-0.05, 0) is 56.7 Å². The fraction of sp³-hybridized carbons (Fsp3) is 0.583. The Morgan fingerprint density at radius 1 is 1.23 bits per heavy atom. The lowest BCUT2D eigenvalue weighted by atomic mass is 9.88. The highest BCUT2D eigenvalue weighted by molar-refractivity contribution is 5.98. The van der Waals surface area contributed by atoms with Crippen LogP contribution in [0.1, 0.15) is 62.0 Å². The van der Waals surface area contributed by atoms with Crippen LogP contribution in [0, 0.1) is 12.8 Å². The summed E-state index contributed by atoms with van der Waals surface area (Å²) in [5.41, 5.74) is 2.61. The molecule has 2 aromatic rings. The van der Waals surface area contributed by atoms with E-state index in [-0.39, 0.29) is 23.5 Å². The molecule has 0 bridgehead atoms.